The van der Waals surface area contributed by atoms with Gasteiger partial charge in [0.2, 0.25) is 0 Å². The second kappa shape index (κ2) is 3.56. The molecule has 0 saturated carbocycles. The Morgan fingerprint density at radius 2 is 2.00 bits per heavy atom. The third-order valence-electron chi connectivity index (χ3n) is 1.83. The average molecular weight is 181 g/mol. The van der Waals surface area contributed by atoms with Gasteiger partial charge in [0.05, 0.1) is 0 Å². The number of aryl methyl sites for hydroxylation is 1. The normalized spacial score (nSPS) is 9.85. The van der Waals surface area contributed by atoms with Crippen molar-refractivity contribution in [3.63, 3.8) is 0 Å². The Hall–Kier alpha value is -1.38. The van der Waals surface area contributed by atoms with Crippen LogP contribution in [0, 0.1) is 12.7 Å². The van der Waals surface area contributed by atoms with Crippen LogP contribution in [-0.4, -0.2) is 24.9 Å². The number of benzene rings is 1. The Morgan fingerprint density at radius 3 is 2.46 bits per heavy atom. The molecule has 1 amide bonds. The van der Waals surface area contributed by atoms with Gasteiger partial charge in [0.1, 0.15) is 5.82 Å². The first kappa shape index (κ1) is 9.71. The van der Waals surface area contributed by atoms with E-state index in [4.69, 9.17) is 0 Å². The molecule has 0 radical (unpaired) electrons. The summed E-state index contributed by atoms with van der Waals surface area (Å²) in [5.74, 6) is -0.412. The molecule has 0 aliphatic rings. The van der Waals surface area contributed by atoms with Crippen LogP contribution in [0.2, 0.25) is 0 Å². The lowest BCUT2D eigenvalue weighted by Gasteiger charge is -2.11. The maximum atomic E-state index is 12.7. The molecule has 0 aliphatic heterocycles. The summed E-state index contributed by atoms with van der Waals surface area (Å²) in [6, 6.07) is 4.16. The lowest BCUT2D eigenvalue weighted by atomic mass is 10.1. The van der Waals surface area contributed by atoms with Crippen molar-refractivity contribution in [3.8, 4) is 0 Å². The van der Waals surface area contributed by atoms with Gasteiger partial charge in [-0.05, 0) is 30.7 Å². The highest BCUT2D eigenvalue weighted by Crippen LogP contribution is 2.11. The third-order valence-corrected chi connectivity index (χ3v) is 1.83. The Bertz CT molecular complexity index is 334. The molecule has 70 valence electrons. The molecular formula is C10H12FNO. The summed E-state index contributed by atoms with van der Waals surface area (Å²) in [7, 11) is 3.34. The van der Waals surface area contributed by atoms with E-state index in [2.05, 4.69) is 0 Å². The van der Waals surface area contributed by atoms with E-state index in [1.807, 2.05) is 0 Å². The van der Waals surface area contributed by atoms with Gasteiger partial charge in [-0.25, -0.2) is 4.39 Å². The molecule has 0 heterocycles. The number of halogens is 1. The first-order chi connectivity index (χ1) is 6.02. The van der Waals surface area contributed by atoms with Crippen LogP contribution < -0.4 is 0 Å². The lowest BCUT2D eigenvalue weighted by Crippen LogP contribution is -2.22. The summed E-state index contributed by atoms with van der Waals surface area (Å²) in [6.45, 7) is 1.72. The SMILES string of the molecule is Cc1cc(F)ccc1C(=O)N(C)C. The standard InChI is InChI=1S/C10H12FNO/c1-7-6-8(11)4-5-9(7)10(13)12(2)3/h4-6H,1-3H3. The van der Waals surface area contributed by atoms with Gasteiger partial charge >= 0.3 is 0 Å². The van der Waals surface area contributed by atoms with Crippen molar-refractivity contribution < 1.29 is 9.18 Å². The van der Waals surface area contributed by atoms with Crippen molar-refractivity contribution in [1.82, 2.24) is 4.90 Å². The molecule has 0 spiro atoms. The van der Waals surface area contributed by atoms with E-state index in [0.29, 0.717) is 11.1 Å². The number of hydrogen-bond donors (Lipinski definition) is 0. The highest BCUT2D eigenvalue weighted by atomic mass is 19.1. The van der Waals surface area contributed by atoms with Crippen LogP contribution in [0.25, 0.3) is 0 Å². The first-order valence-corrected chi connectivity index (χ1v) is 4.00. The fourth-order valence-corrected chi connectivity index (χ4v) is 1.11. The zero-order valence-electron chi connectivity index (χ0n) is 7.97. The summed E-state index contributed by atoms with van der Waals surface area (Å²) in [5, 5.41) is 0. The van der Waals surface area contributed by atoms with Gasteiger partial charge in [-0.3, -0.25) is 4.79 Å². The molecular weight excluding hydrogens is 169 g/mol. The quantitative estimate of drug-likeness (QED) is 0.647. The zero-order chi connectivity index (χ0) is 10.0. The van der Waals surface area contributed by atoms with Crippen LogP contribution in [0.3, 0.4) is 0 Å². The molecule has 0 aromatic heterocycles. The average Bonchev–Trinajstić information content (AvgIpc) is 2.03. The minimum Gasteiger partial charge on any atom is -0.345 e. The molecule has 1 aromatic rings. The lowest BCUT2D eigenvalue weighted by molar-refractivity contribution is 0.0827. The fourth-order valence-electron chi connectivity index (χ4n) is 1.11. The predicted octanol–water partition coefficient (Wildman–Crippen LogP) is 1.84. The summed E-state index contributed by atoms with van der Waals surface area (Å²) in [5.41, 5.74) is 1.21. The summed E-state index contributed by atoms with van der Waals surface area (Å²) in [4.78, 5) is 13.0. The number of nitrogens with zero attached hydrogens (tertiary/aromatic N) is 1. The van der Waals surface area contributed by atoms with E-state index in [9.17, 15) is 9.18 Å². The maximum absolute atomic E-state index is 12.7. The molecule has 1 aromatic carbocycles. The zero-order valence-corrected chi connectivity index (χ0v) is 7.97. The third kappa shape index (κ3) is 2.05. The molecule has 2 nitrogen and oxygen atoms in total. The van der Waals surface area contributed by atoms with Gasteiger partial charge in [-0.1, -0.05) is 0 Å². The van der Waals surface area contributed by atoms with Crippen LogP contribution in [0.15, 0.2) is 18.2 Å². The molecule has 0 atom stereocenters. The van der Waals surface area contributed by atoms with Crippen molar-refractivity contribution in [3.05, 3.63) is 35.1 Å². The molecule has 0 N–H and O–H groups in total. The minimum absolute atomic E-state index is 0.0995. The van der Waals surface area contributed by atoms with Crippen molar-refractivity contribution >= 4 is 5.91 Å². The minimum atomic E-state index is -0.312. The number of rotatable bonds is 1. The van der Waals surface area contributed by atoms with Crippen molar-refractivity contribution in [2.75, 3.05) is 14.1 Å². The molecule has 3 heteroatoms. The second-order valence-electron chi connectivity index (χ2n) is 3.16. The van der Waals surface area contributed by atoms with Crippen LogP contribution in [0.5, 0.6) is 0 Å². The number of carbonyl (C=O) groups is 1. The summed E-state index contributed by atoms with van der Waals surface area (Å²) in [6.07, 6.45) is 0. The smallest absolute Gasteiger partial charge is 0.253 e. The number of amides is 1. The van der Waals surface area contributed by atoms with Gasteiger partial charge in [0.15, 0.2) is 0 Å². The van der Waals surface area contributed by atoms with Crippen LogP contribution >= 0.6 is 0 Å². The Labute approximate surface area is 77.0 Å². The van der Waals surface area contributed by atoms with Crippen molar-refractivity contribution in [1.29, 1.82) is 0 Å². The highest BCUT2D eigenvalue weighted by Gasteiger charge is 2.10. The molecule has 0 unspecified atom stereocenters. The van der Waals surface area contributed by atoms with Crippen molar-refractivity contribution in [2.24, 2.45) is 0 Å². The van der Waals surface area contributed by atoms with Gasteiger partial charge in [0, 0.05) is 19.7 Å². The van der Waals surface area contributed by atoms with E-state index in [-0.39, 0.29) is 11.7 Å². The van der Waals surface area contributed by atoms with E-state index < -0.39 is 0 Å². The molecule has 0 fully saturated rings. The highest BCUT2D eigenvalue weighted by molar-refractivity contribution is 5.95. The molecule has 0 saturated heterocycles. The Morgan fingerprint density at radius 1 is 1.38 bits per heavy atom. The van der Waals surface area contributed by atoms with Gasteiger partial charge in [-0.2, -0.15) is 0 Å². The maximum Gasteiger partial charge on any atom is 0.253 e. The molecule has 0 bridgehead atoms. The Balaban J connectivity index is 3.09. The molecule has 1 rings (SSSR count). The van der Waals surface area contributed by atoms with Gasteiger partial charge < -0.3 is 4.90 Å². The van der Waals surface area contributed by atoms with Gasteiger partial charge in [-0.15, -0.1) is 0 Å². The van der Waals surface area contributed by atoms with Crippen LogP contribution in [0.4, 0.5) is 4.39 Å². The van der Waals surface area contributed by atoms with E-state index >= 15 is 0 Å². The second-order valence-corrected chi connectivity index (χ2v) is 3.16. The molecule has 13 heavy (non-hydrogen) atoms. The molecule has 0 aliphatic carbocycles. The topological polar surface area (TPSA) is 20.3 Å². The van der Waals surface area contributed by atoms with E-state index in [1.54, 1.807) is 21.0 Å². The largest absolute Gasteiger partial charge is 0.345 e. The number of hydrogen-bond acceptors (Lipinski definition) is 1. The summed E-state index contributed by atoms with van der Waals surface area (Å²) < 4.78 is 12.7. The van der Waals surface area contributed by atoms with Crippen LogP contribution in [0.1, 0.15) is 15.9 Å². The van der Waals surface area contributed by atoms with E-state index in [0.717, 1.165) is 0 Å². The van der Waals surface area contributed by atoms with Crippen molar-refractivity contribution in [2.45, 2.75) is 6.92 Å². The Kier molecular flexibility index (Phi) is 2.66. The van der Waals surface area contributed by atoms with Gasteiger partial charge in [0.25, 0.3) is 5.91 Å². The van der Waals surface area contributed by atoms with E-state index in [1.165, 1.54) is 23.1 Å². The monoisotopic (exact) mass is 181 g/mol. The van der Waals surface area contributed by atoms with Crippen LogP contribution in [-0.2, 0) is 0 Å². The first-order valence-electron chi connectivity index (χ1n) is 4.00. The fraction of sp³-hybridized carbons (Fsp3) is 0.300. The number of carbonyl (C=O) groups excluding carboxylic acids is 1. The predicted molar refractivity (Wildman–Crippen MR) is 49.2 cm³/mol. The summed E-state index contributed by atoms with van der Waals surface area (Å²) >= 11 is 0.